The Balaban J connectivity index is 2.08. The van der Waals surface area contributed by atoms with E-state index in [4.69, 9.17) is 25.4 Å². The zero-order valence-electron chi connectivity index (χ0n) is 15.1. The standard InChI is InChI=1S/C19H16F2O9/c1-2-3-7-6-10(22)29-15-8(7)4-5-9(11(15)17(20)21)28-19-14(25)12(23)13(24)16(30-19)18(26)27/h1,4-6,12-14,16-17,19,23-25H,3H2,(H,26,27)/t12-,13-,14+,16-,19+/m0/s1. The number of rotatable bonds is 5. The van der Waals surface area contributed by atoms with Gasteiger partial charge in [-0.15, -0.1) is 12.3 Å². The Labute approximate surface area is 167 Å². The molecule has 1 fully saturated rings. The monoisotopic (exact) mass is 426 g/mol. The number of carboxylic acids is 1. The summed E-state index contributed by atoms with van der Waals surface area (Å²) in [5.41, 5.74) is -2.01. The molecule has 0 radical (unpaired) electrons. The molecule has 9 nitrogen and oxygen atoms in total. The smallest absolute Gasteiger partial charge is 0.336 e. The van der Waals surface area contributed by atoms with Gasteiger partial charge in [0.25, 0.3) is 6.43 Å². The fourth-order valence-electron chi connectivity index (χ4n) is 3.13. The number of aliphatic hydroxyl groups excluding tert-OH is 3. The van der Waals surface area contributed by atoms with E-state index in [1.165, 1.54) is 6.07 Å². The molecule has 1 aliphatic rings. The van der Waals surface area contributed by atoms with Crippen molar-refractivity contribution in [2.24, 2.45) is 0 Å². The number of fused-ring (bicyclic) bond motifs is 1. The van der Waals surface area contributed by atoms with Gasteiger partial charge in [-0.2, -0.15) is 0 Å². The lowest BCUT2D eigenvalue weighted by molar-refractivity contribution is -0.271. The summed E-state index contributed by atoms with van der Waals surface area (Å²) in [6.45, 7) is 0. The van der Waals surface area contributed by atoms with E-state index in [1.54, 1.807) is 0 Å². The lowest BCUT2D eigenvalue weighted by Gasteiger charge is -2.38. The molecule has 0 bridgehead atoms. The van der Waals surface area contributed by atoms with Crippen molar-refractivity contribution in [2.75, 3.05) is 0 Å². The summed E-state index contributed by atoms with van der Waals surface area (Å²) in [5.74, 6) is 0.0484. The Morgan fingerprint density at radius 3 is 2.53 bits per heavy atom. The summed E-state index contributed by atoms with van der Waals surface area (Å²) in [5, 5.41) is 38.8. The Morgan fingerprint density at radius 2 is 1.93 bits per heavy atom. The average molecular weight is 426 g/mol. The van der Waals surface area contributed by atoms with Crippen LogP contribution in [0.1, 0.15) is 17.6 Å². The molecule has 3 rings (SSSR count). The lowest BCUT2D eigenvalue weighted by atomic mass is 9.99. The third-order valence-electron chi connectivity index (χ3n) is 4.56. The molecule has 0 unspecified atom stereocenters. The minimum absolute atomic E-state index is 0.0280. The molecule has 0 aliphatic carbocycles. The molecule has 2 aromatic rings. The quantitative estimate of drug-likeness (QED) is 0.388. The topological polar surface area (TPSA) is 147 Å². The second-order valence-electron chi connectivity index (χ2n) is 6.48. The first-order chi connectivity index (χ1) is 14.1. The van der Waals surface area contributed by atoms with Crippen LogP contribution < -0.4 is 10.4 Å². The highest BCUT2D eigenvalue weighted by molar-refractivity contribution is 5.85. The van der Waals surface area contributed by atoms with Crippen molar-refractivity contribution in [3.05, 3.63) is 39.7 Å². The first kappa shape index (κ1) is 21.7. The van der Waals surface area contributed by atoms with Gasteiger partial charge in [-0.25, -0.2) is 18.4 Å². The molecule has 2 heterocycles. The number of hydrogen-bond donors (Lipinski definition) is 4. The van der Waals surface area contributed by atoms with E-state index in [1.807, 2.05) is 0 Å². The van der Waals surface area contributed by atoms with Crippen molar-refractivity contribution in [3.63, 3.8) is 0 Å². The maximum absolute atomic E-state index is 13.8. The second kappa shape index (κ2) is 8.37. The number of halogens is 2. The fourth-order valence-corrected chi connectivity index (χ4v) is 3.13. The van der Waals surface area contributed by atoms with Gasteiger partial charge in [0.2, 0.25) is 6.29 Å². The van der Waals surface area contributed by atoms with Gasteiger partial charge >= 0.3 is 11.6 Å². The van der Waals surface area contributed by atoms with E-state index in [9.17, 15) is 33.7 Å². The number of hydrogen-bond acceptors (Lipinski definition) is 8. The normalized spacial score (nSPS) is 26.5. The molecule has 4 N–H and O–H groups in total. The van der Waals surface area contributed by atoms with Crippen LogP contribution in [0, 0.1) is 12.3 Å². The third kappa shape index (κ3) is 3.86. The molecule has 1 aromatic heterocycles. The molecular formula is C19H16F2O9. The number of aliphatic hydroxyl groups is 3. The van der Waals surface area contributed by atoms with Gasteiger partial charge in [0.05, 0.1) is 0 Å². The van der Waals surface area contributed by atoms with Crippen molar-refractivity contribution in [1.29, 1.82) is 0 Å². The van der Waals surface area contributed by atoms with E-state index in [0.717, 1.165) is 12.1 Å². The van der Waals surface area contributed by atoms with Gasteiger partial charge in [0, 0.05) is 17.9 Å². The van der Waals surface area contributed by atoms with Crippen molar-refractivity contribution in [3.8, 4) is 18.1 Å². The number of carboxylic acid groups (broad SMARTS) is 1. The lowest BCUT2D eigenvalue weighted by Crippen LogP contribution is -2.61. The van der Waals surface area contributed by atoms with Gasteiger partial charge in [-0.1, -0.05) is 0 Å². The van der Waals surface area contributed by atoms with Crippen molar-refractivity contribution in [2.45, 2.75) is 43.6 Å². The van der Waals surface area contributed by atoms with E-state index < -0.39 is 65.6 Å². The Morgan fingerprint density at radius 1 is 1.23 bits per heavy atom. The highest BCUT2D eigenvalue weighted by Gasteiger charge is 2.48. The molecule has 1 aliphatic heterocycles. The van der Waals surface area contributed by atoms with Gasteiger partial charge in [-0.3, -0.25) is 0 Å². The second-order valence-corrected chi connectivity index (χ2v) is 6.48. The summed E-state index contributed by atoms with van der Waals surface area (Å²) < 4.78 is 42.7. The Hall–Kier alpha value is -3.04. The van der Waals surface area contributed by atoms with Crippen LogP contribution in [-0.2, 0) is 16.0 Å². The highest BCUT2D eigenvalue weighted by atomic mass is 19.3. The SMILES string of the molecule is C#CCc1cc(=O)oc2c(C(F)F)c(O[C@@H]3O[C@H](C(=O)O)[C@@H](O)[C@H](O)[C@H]3O)ccc12. The molecule has 1 saturated heterocycles. The van der Waals surface area contributed by atoms with Crippen LogP contribution in [0.2, 0.25) is 0 Å². The first-order valence-corrected chi connectivity index (χ1v) is 8.56. The molecule has 0 saturated carbocycles. The van der Waals surface area contributed by atoms with Crippen LogP contribution in [0.15, 0.2) is 27.4 Å². The molecule has 11 heteroatoms. The maximum atomic E-state index is 13.8. The molecule has 160 valence electrons. The van der Waals surface area contributed by atoms with Crippen molar-refractivity contribution < 1.29 is 47.9 Å². The molecule has 0 spiro atoms. The molecule has 1 aromatic carbocycles. The van der Waals surface area contributed by atoms with Gasteiger partial charge < -0.3 is 34.3 Å². The van der Waals surface area contributed by atoms with Gasteiger partial charge in [0.1, 0.15) is 29.6 Å². The van der Waals surface area contributed by atoms with E-state index >= 15 is 0 Å². The average Bonchev–Trinajstić information content (AvgIpc) is 2.67. The number of carbonyl (C=O) groups is 1. The maximum Gasteiger partial charge on any atom is 0.336 e. The van der Waals surface area contributed by atoms with Gasteiger partial charge in [-0.05, 0) is 17.7 Å². The fraction of sp³-hybridized carbons (Fsp3) is 0.368. The van der Waals surface area contributed by atoms with Crippen LogP contribution in [0.5, 0.6) is 5.75 Å². The molecule has 30 heavy (non-hydrogen) atoms. The van der Waals surface area contributed by atoms with Crippen LogP contribution in [0.4, 0.5) is 8.78 Å². The zero-order chi connectivity index (χ0) is 22.2. The van der Waals surface area contributed by atoms with Crippen LogP contribution in [0.3, 0.4) is 0 Å². The van der Waals surface area contributed by atoms with E-state index in [0.29, 0.717) is 0 Å². The predicted octanol–water partition coefficient (Wildman–Crippen LogP) is 0.177. The van der Waals surface area contributed by atoms with Crippen molar-refractivity contribution >= 4 is 16.9 Å². The highest BCUT2D eigenvalue weighted by Crippen LogP contribution is 2.38. The van der Waals surface area contributed by atoms with Crippen LogP contribution in [0.25, 0.3) is 11.0 Å². The molecule has 5 atom stereocenters. The molecule has 0 amide bonds. The largest absolute Gasteiger partial charge is 0.479 e. The third-order valence-corrected chi connectivity index (χ3v) is 4.56. The Bertz CT molecular complexity index is 1060. The minimum Gasteiger partial charge on any atom is -0.479 e. The van der Waals surface area contributed by atoms with Gasteiger partial charge in [0.15, 0.2) is 11.7 Å². The van der Waals surface area contributed by atoms with Crippen LogP contribution >= 0.6 is 0 Å². The minimum atomic E-state index is -3.21. The van der Waals surface area contributed by atoms with Crippen LogP contribution in [-0.4, -0.2) is 57.1 Å². The number of alkyl halides is 2. The Kier molecular flexibility index (Phi) is 6.04. The predicted molar refractivity (Wildman–Crippen MR) is 94.9 cm³/mol. The summed E-state index contributed by atoms with van der Waals surface area (Å²) in [6, 6.07) is 3.44. The van der Waals surface area contributed by atoms with Crippen molar-refractivity contribution in [1.82, 2.24) is 0 Å². The summed E-state index contributed by atoms with van der Waals surface area (Å²) in [6.07, 6.45) is -7.82. The number of terminal acetylenes is 1. The first-order valence-electron chi connectivity index (χ1n) is 8.56. The zero-order valence-corrected chi connectivity index (χ0v) is 15.1. The summed E-state index contributed by atoms with van der Waals surface area (Å²) in [7, 11) is 0. The summed E-state index contributed by atoms with van der Waals surface area (Å²) >= 11 is 0. The summed E-state index contributed by atoms with van der Waals surface area (Å²) in [4.78, 5) is 23.0. The molecular weight excluding hydrogens is 410 g/mol. The number of ether oxygens (including phenoxy) is 2. The number of aliphatic carboxylic acids is 1. The number of benzene rings is 1. The van der Waals surface area contributed by atoms with E-state index in [2.05, 4.69) is 5.92 Å². The van der Waals surface area contributed by atoms with E-state index in [-0.39, 0.29) is 17.4 Å².